The van der Waals surface area contributed by atoms with Gasteiger partial charge in [0.1, 0.15) is 0 Å². The third kappa shape index (κ3) is 3.70. The van der Waals surface area contributed by atoms with E-state index in [1.54, 1.807) is 6.07 Å². The summed E-state index contributed by atoms with van der Waals surface area (Å²) in [5.74, 6) is -0.509. The van der Waals surface area contributed by atoms with Crippen molar-refractivity contribution < 1.29 is 14.6 Å². The van der Waals surface area contributed by atoms with Crippen LogP contribution in [0.5, 0.6) is 0 Å². The molecule has 0 saturated heterocycles. The molecule has 0 aliphatic heterocycles. The molecular formula is C10H10Cl2O3. The number of carbonyl (C=O) groups excluding carboxylic acids is 1. The van der Waals surface area contributed by atoms with Crippen LogP contribution in [0.1, 0.15) is 16.8 Å². The van der Waals surface area contributed by atoms with Gasteiger partial charge in [-0.25, -0.2) is 4.79 Å². The Hall–Kier alpha value is -0.770. The molecule has 0 aliphatic rings. The molecule has 15 heavy (non-hydrogen) atoms. The number of aliphatic hydroxyl groups is 1. The van der Waals surface area contributed by atoms with Crippen molar-refractivity contribution in [2.45, 2.75) is 6.42 Å². The Morgan fingerprint density at radius 2 is 2.13 bits per heavy atom. The molecule has 1 aromatic rings. The summed E-state index contributed by atoms with van der Waals surface area (Å²) in [4.78, 5) is 11.4. The summed E-state index contributed by atoms with van der Waals surface area (Å²) < 4.78 is 4.86. The van der Waals surface area contributed by atoms with E-state index in [0.717, 1.165) is 0 Å². The molecule has 0 spiro atoms. The van der Waals surface area contributed by atoms with Gasteiger partial charge in [0.2, 0.25) is 0 Å². The van der Waals surface area contributed by atoms with Crippen LogP contribution >= 0.6 is 23.2 Å². The molecule has 0 saturated carbocycles. The van der Waals surface area contributed by atoms with Gasteiger partial charge in [0, 0.05) is 18.1 Å². The van der Waals surface area contributed by atoms with E-state index in [2.05, 4.69) is 0 Å². The highest BCUT2D eigenvalue weighted by atomic mass is 35.5. The average molecular weight is 249 g/mol. The Morgan fingerprint density at radius 3 is 2.73 bits per heavy atom. The summed E-state index contributed by atoms with van der Waals surface area (Å²) in [5, 5.41) is 9.23. The van der Waals surface area contributed by atoms with Crippen molar-refractivity contribution in [3.05, 3.63) is 33.8 Å². The van der Waals surface area contributed by atoms with E-state index < -0.39 is 5.97 Å². The van der Waals surface area contributed by atoms with Crippen LogP contribution in [-0.4, -0.2) is 24.3 Å². The smallest absolute Gasteiger partial charge is 0.339 e. The molecule has 0 heterocycles. The summed E-state index contributed by atoms with van der Waals surface area (Å²) >= 11 is 11.5. The first kappa shape index (κ1) is 12.3. The number of hydrogen-bond donors (Lipinski definition) is 1. The van der Waals surface area contributed by atoms with Gasteiger partial charge in [0.15, 0.2) is 0 Å². The molecule has 1 rings (SSSR count). The average Bonchev–Trinajstić information content (AvgIpc) is 2.17. The Balaban J connectivity index is 2.65. The number of hydrogen-bond acceptors (Lipinski definition) is 3. The number of benzene rings is 1. The molecule has 0 aromatic heterocycles. The fraction of sp³-hybridized carbons (Fsp3) is 0.300. The maximum Gasteiger partial charge on any atom is 0.339 e. The van der Waals surface area contributed by atoms with Gasteiger partial charge < -0.3 is 9.84 Å². The predicted molar refractivity (Wildman–Crippen MR) is 58.4 cm³/mol. The fourth-order valence-corrected chi connectivity index (χ4v) is 1.45. The van der Waals surface area contributed by atoms with Crippen molar-refractivity contribution in [1.29, 1.82) is 0 Å². The number of esters is 1. The van der Waals surface area contributed by atoms with Crippen LogP contribution in [0, 0.1) is 0 Å². The Bertz CT molecular complexity index is 353. The molecule has 0 amide bonds. The van der Waals surface area contributed by atoms with Gasteiger partial charge in [0.05, 0.1) is 17.2 Å². The van der Waals surface area contributed by atoms with E-state index in [0.29, 0.717) is 11.4 Å². The standard InChI is InChI=1S/C10H10Cl2O3/c11-7-2-3-8(9(12)6-7)10(14)15-5-1-4-13/h2-3,6,13H,1,4-5H2. The van der Waals surface area contributed by atoms with Gasteiger partial charge in [-0.2, -0.15) is 0 Å². The number of aliphatic hydroxyl groups excluding tert-OH is 1. The van der Waals surface area contributed by atoms with Gasteiger partial charge in [-0.05, 0) is 18.2 Å². The summed E-state index contributed by atoms with van der Waals surface area (Å²) in [6.07, 6.45) is 0.414. The van der Waals surface area contributed by atoms with Gasteiger partial charge in [-0.1, -0.05) is 23.2 Å². The van der Waals surface area contributed by atoms with E-state index in [1.807, 2.05) is 0 Å². The molecule has 1 N–H and O–H groups in total. The van der Waals surface area contributed by atoms with E-state index in [-0.39, 0.29) is 23.8 Å². The maximum absolute atomic E-state index is 11.4. The highest BCUT2D eigenvalue weighted by Gasteiger charge is 2.11. The first-order valence-corrected chi connectivity index (χ1v) is 5.14. The second-order valence-corrected chi connectivity index (χ2v) is 3.68. The molecule has 0 aliphatic carbocycles. The first-order valence-electron chi connectivity index (χ1n) is 4.38. The highest BCUT2D eigenvalue weighted by molar-refractivity contribution is 6.36. The number of ether oxygens (including phenoxy) is 1. The number of rotatable bonds is 4. The van der Waals surface area contributed by atoms with Crippen molar-refractivity contribution in [2.24, 2.45) is 0 Å². The summed E-state index contributed by atoms with van der Waals surface area (Å²) in [6.45, 7) is 0.163. The van der Waals surface area contributed by atoms with Crippen molar-refractivity contribution in [3.8, 4) is 0 Å². The number of halogens is 2. The highest BCUT2D eigenvalue weighted by Crippen LogP contribution is 2.21. The van der Waals surface area contributed by atoms with Crippen LogP contribution in [-0.2, 0) is 4.74 Å². The van der Waals surface area contributed by atoms with Crippen LogP contribution in [0.2, 0.25) is 10.0 Å². The zero-order valence-corrected chi connectivity index (χ0v) is 9.38. The molecule has 0 unspecified atom stereocenters. The lowest BCUT2D eigenvalue weighted by atomic mass is 10.2. The summed E-state index contributed by atoms with van der Waals surface area (Å²) in [5.41, 5.74) is 0.277. The molecule has 82 valence electrons. The normalized spacial score (nSPS) is 10.1. The largest absolute Gasteiger partial charge is 0.462 e. The van der Waals surface area contributed by atoms with Crippen LogP contribution in [0.3, 0.4) is 0 Å². The third-order valence-electron chi connectivity index (χ3n) is 1.69. The van der Waals surface area contributed by atoms with Crippen LogP contribution < -0.4 is 0 Å². The monoisotopic (exact) mass is 248 g/mol. The molecule has 0 fully saturated rings. The lowest BCUT2D eigenvalue weighted by Crippen LogP contribution is -2.07. The molecule has 0 radical (unpaired) electrons. The third-order valence-corrected chi connectivity index (χ3v) is 2.23. The zero-order valence-electron chi connectivity index (χ0n) is 7.87. The minimum absolute atomic E-state index is 0.0123. The van der Waals surface area contributed by atoms with E-state index >= 15 is 0 Å². The predicted octanol–water partition coefficient (Wildman–Crippen LogP) is 2.53. The Kier molecular flexibility index (Phi) is 4.88. The first-order chi connectivity index (χ1) is 7.15. The minimum atomic E-state index is -0.509. The topological polar surface area (TPSA) is 46.5 Å². The molecular weight excluding hydrogens is 239 g/mol. The van der Waals surface area contributed by atoms with Gasteiger partial charge in [0.25, 0.3) is 0 Å². The van der Waals surface area contributed by atoms with Gasteiger partial charge >= 0.3 is 5.97 Å². The fourth-order valence-electron chi connectivity index (χ4n) is 0.962. The lowest BCUT2D eigenvalue weighted by Gasteiger charge is -2.05. The quantitative estimate of drug-likeness (QED) is 0.658. The van der Waals surface area contributed by atoms with Crippen molar-refractivity contribution in [1.82, 2.24) is 0 Å². The number of carbonyl (C=O) groups is 1. The van der Waals surface area contributed by atoms with Crippen molar-refractivity contribution in [2.75, 3.05) is 13.2 Å². The van der Waals surface area contributed by atoms with E-state index in [9.17, 15) is 4.79 Å². The van der Waals surface area contributed by atoms with Crippen molar-refractivity contribution in [3.63, 3.8) is 0 Å². The van der Waals surface area contributed by atoms with E-state index in [1.165, 1.54) is 12.1 Å². The minimum Gasteiger partial charge on any atom is -0.462 e. The van der Waals surface area contributed by atoms with Crippen LogP contribution in [0.4, 0.5) is 0 Å². The zero-order chi connectivity index (χ0) is 11.3. The van der Waals surface area contributed by atoms with Crippen LogP contribution in [0.15, 0.2) is 18.2 Å². The second kappa shape index (κ2) is 5.95. The van der Waals surface area contributed by atoms with Gasteiger partial charge in [-0.15, -0.1) is 0 Å². The Morgan fingerprint density at radius 1 is 1.40 bits per heavy atom. The SMILES string of the molecule is O=C(OCCCO)c1ccc(Cl)cc1Cl. The molecule has 0 atom stereocenters. The molecule has 3 nitrogen and oxygen atoms in total. The molecule has 5 heteroatoms. The maximum atomic E-state index is 11.4. The Labute approximate surface area is 97.6 Å². The van der Waals surface area contributed by atoms with Crippen LogP contribution in [0.25, 0.3) is 0 Å². The van der Waals surface area contributed by atoms with E-state index in [4.69, 9.17) is 33.0 Å². The molecule has 1 aromatic carbocycles. The summed E-state index contributed by atoms with van der Waals surface area (Å²) in [6, 6.07) is 4.55. The lowest BCUT2D eigenvalue weighted by molar-refractivity contribution is 0.0482. The molecule has 0 bridgehead atoms. The van der Waals surface area contributed by atoms with Gasteiger partial charge in [-0.3, -0.25) is 0 Å². The summed E-state index contributed by atoms with van der Waals surface area (Å²) in [7, 11) is 0. The second-order valence-electron chi connectivity index (χ2n) is 2.84. The van der Waals surface area contributed by atoms with Crippen molar-refractivity contribution >= 4 is 29.2 Å².